The smallest absolute Gasteiger partial charge is 0.459 e. The number of nitrogens with one attached hydrogen (secondary N) is 1. The number of carbonyl (C=O) groups excluding carboxylic acids is 1. The molecule has 1 aliphatic heterocycles. The Hall–Kier alpha value is -3.73. The van der Waals surface area contributed by atoms with Gasteiger partial charge in [0.1, 0.15) is 47.5 Å². The van der Waals surface area contributed by atoms with E-state index in [1.165, 1.54) is 43.4 Å². The lowest BCUT2D eigenvalue weighted by atomic mass is 9.98. The number of ether oxygens (including phenoxy) is 3. The monoisotopic (exact) mass is 605 g/mol. The molecule has 4 rings (SSSR count). The van der Waals surface area contributed by atoms with Crippen LogP contribution in [0.4, 0.5) is 10.2 Å². The van der Waals surface area contributed by atoms with Crippen molar-refractivity contribution in [2.24, 2.45) is 5.92 Å². The molecule has 3 heterocycles. The zero-order valence-electron chi connectivity index (χ0n) is 23.7. The summed E-state index contributed by atoms with van der Waals surface area (Å²) in [6.45, 7) is 3.96. The van der Waals surface area contributed by atoms with Gasteiger partial charge < -0.3 is 34.1 Å². The number of rotatable bonds is 11. The first-order chi connectivity index (χ1) is 19.8. The maximum atomic E-state index is 16.1. The van der Waals surface area contributed by atoms with Crippen LogP contribution >= 0.6 is 7.75 Å². The van der Waals surface area contributed by atoms with Gasteiger partial charge in [0, 0.05) is 6.20 Å². The molecule has 2 unspecified atom stereocenters. The molecule has 42 heavy (non-hydrogen) atoms. The van der Waals surface area contributed by atoms with E-state index in [0.29, 0.717) is 16.7 Å². The maximum Gasteiger partial charge on any atom is 0.459 e. The highest BCUT2D eigenvalue weighted by Gasteiger charge is 2.56. The number of halogens is 1. The fourth-order valence-electron chi connectivity index (χ4n) is 4.56. The predicted octanol–water partition coefficient (Wildman–Crippen LogP) is 2.98. The number of benzene rings is 1. The third-order valence-corrected chi connectivity index (χ3v) is 8.41. The SMILES string of the molecule is C#Cc1cn([C@@H]2O[C@H](COP(=O)(NC(C(=O)OC)C(C)C)Oc3ccc(OC)cc3)[C@@H](O)[C@@]2(C)F)c2ncnc(N)c12. The summed E-state index contributed by atoms with van der Waals surface area (Å²) >= 11 is 0. The second-order valence-corrected chi connectivity index (χ2v) is 11.8. The van der Waals surface area contributed by atoms with E-state index < -0.39 is 50.5 Å². The highest BCUT2D eigenvalue weighted by molar-refractivity contribution is 7.52. The average Bonchev–Trinajstić information content (AvgIpc) is 3.45. The number of nitrogens with zero attached hydrogens (tertiary/aromatic N) is 3. The number of methoxy groups -OCH3 is 2. The highest BCUT2D eigenvalue weighted by atomic mass is 31.2. The Kier molecular flexibility index (Phi) is 9.10. The lowest BCUT2D eigenvalue weighted by Gasteiger charge is -2.27. The fourth-order valence-corrected chi connectivity index (χ4v) is 6.22. The fraction of sp³-hybridized carbons (Fsp3) is 0.444. The molecule has 1 aromatic carbocycles. The van der Waals surface area contributed by atoms with Gasteiger partial charge in [0.2, 0.25) is 0 Å². The van der Waals surface area contributed by atoms with Gasteiger partial charge in [-0.25, -0.2) is 18.9 Å². The molecular formula is C27H33FN5O8P. The molecule has 0 aliphatic carbocycles. The number of nitrogen functional groups attached to an aromatic ring is 1. The van der Waals surface area contributed by atoms with Crippen LogP contribution in [0.2, 0.25) is 0 Å². The van der Waals surface area contributed by atoms with Crippen LogP contribution in [0.5, 0.6) is 11.5 Å². The second-order valence-electron chi connectivity index (χ2n) is 10.1. The molecule has 2 aromatic heterocycles. The van der Waals surface area contributed by atoms with Crippen molar-refractivity contribution in [2.75, 3.05) is 26.6 Å². The Morgan fingerprint density at radius 2 is 1.98 bits per heavy atom. The number of fused-ring (bicyclic) bond motifs is 1. The van der Waals surface area contributed by atoms with Crippen molar-refractivity contribution in [2.45, 2.75) is 50.9 Å². The van der Waals surface area contributed by atoms with Crippen LogP contribution < -0.4 is 20.1 Å². The molecule has 1 fully saturated rings. The number of esters is 1. The first-order valence-corrected chi connectivity index (χ1v) is 14.4. The predicted molar refractivity (Wildman–Crippen MR) is 150 cm³/mol. The van der Waals surface area contributed by atoms with Crippen LogP contribution in [0.25, 0.3) is 11.0 Å². The van der Waals surface area contributed by atoms with Crippen LogP contribution in [0.1, 0.15) is 32.6 Å². The van der Waals surface area contributed by atoms with Gasteiger partial charge in [0.05, 0.1) is 31.8 Å². The first kappa shape index (κ1) is 31.2. The van der Waals surface area contributed by atoms with Crippen LogP contribution in [-0.4, -0.2) is 70.4 Å². The Bertz CT molecular complexity index is 1520. The van der Waals surface area contributed by atoms with Crippen molar-refractivity contribution in [1.82, 2.24) is 19.6 Å². The minimum atomic E-state index is -4.38. The van der Waals surface area contributed by atoms with E-state index in [1.807, 2.05) is 0 Å². The topological polar surface area (TPSA) is 169 Å². The van der Waals surface area contributed by atoms with Crippen molar-refractivity contribution in [3.8, 4) is 23.8 Å². The number of hydrogen-bond donors (Lipinski definition) is 3. The van der Waals surface area contributed by atoms with Gasteiger partial charge in [-0.2, -0.15) is 5.09 Å². The summed E-state index contributed by atoms with van der Waals surface area (Å²) in [6.07, 6.45) is 3.74. The third-order valence-electron chi connectivity index (χ3n) is 6.88. The molecule has 0 radical (unpaired) electrons. The number of aliphatic hydroxyl groups excluding tert-OH is 1. The maximum absolute atomic E-state index is 16.1. The number of aromatic nitrogens is 3. The normalized spacial score (nSPS) is 24.2. The van der Waals surface area contributed by atoms with Gasteiger partial charge in [-0.1, -0.05) is 19.8 Å². The molecule has 226 valence electrons. The van der Waals surface area contributed by atoms with E-state index in [-0.39, 0.29) is 23.1 Å². The van der Waals surface area contributed by atoms with Crippen molar-refractivity contribution in [3.63, 3.8) is 0 Å². The zero-order chi connectivity index (χ0) is 30.8. The summed E-state index contributed by atoms with van der Waals surface area (Å²) in [6, 6.07) is 5.03. The molecule has 13 nitrogen and oxygen atoms in total. The van der Waals surface area contributed by atoms with Crippen molar-refractivity contribution < 1.29 is 42.1 Å². The molecule has 0 saturated carbocycles. The van der Waals surface area contributed by atoms with E-state index in [1.54, 1.807) is 26.0 Å². The summed E-state index contributed by atoms with van der Waals surface area (Å²) < 4.78 is 58.7. The Morgan fingerprint density at radius 3 is 2.57 bits per heavy atom. The number of alkyl halides is 1. The second kappa shape index (κ2) is 12.2. The van der Waals surface area contributed by atoms with E-state index in [4.69, 9.17) is 35.4 Å². The van der Waals surface area contributed by atoms with Crippen molar-refractivity contribution in [3.05, 3.63) is 42.4 Å². The molecule has 15 heteroatoms. The van der Waals surface area contributed by atoms with Crippen molar-refractivity contribution >= 4 is 30.6 Å². The molecule has 0 spiro atoms. The van der Waals surface area contributed by atoms with Crippen LogP contribution in [-0.2, 0) is 23.4 Å². The molecule has 0 amide bonds. The number of aliphatic hydroxyl groups is 1. The molecule has 4 N–H and O–H groups in total. The van der Waals surface area contributed by atoms with Crippen LogP contribution in [0, 0.1) is 18.3 Å². The molecule has 6 atom stereocenters. The van der Waals surface area contributed by atoms with Gasteiger partial charge in [-0.15, -0.1) is 6.42 Å². The Morgan fingerprint density at radius 1 is 1.31 bits per heavy atom. The summed E-state index contributed by atoms with van der Waals surface area (Å²) in [5.74, 6) is 2.12. The number of nitrogens with two attached hydrogens (primary N) is 1. The quantitative estimate of drug-likeness (QED) is 0.166. The molecule has 1 aliphatic rings. The summed E-state index contributed by atoms with van der Waals surface area (Å²) in [5, 5.41) is 13.9. The van der Waals surface area contributed by atoms with E-state index in [2.05, 4.69) is 21.0 Å². The molecule has 0 bridgehead atoms. The average molecular weight is 606 g/mol. The molecule has 3 aromatic rings. The lowest BCUT2D eigenvalue weighted by molar-refractivity contribution is -0.143. The Labute approximate surface area is 242 Å². The molecule has 1 saturated heterocycles. The van der Waals surface area contributed by atoms with Crippen LogP contribution in [0.3, 0.4) is 0 Å². The minimum Gasteiger partial charge on any atom is -0.497 e. The zero-order valence-corrected chi connectivity index (χ0v) is 24.6. The van der Waals surface area contributed by atoms with Crippen LogP contribution in [0.15, 0.2) is 36.8 Å². The largest absolute Gasteiger partial charge is 0.497 e. The summed E-state index contributed by atoms with van der Waals surface area (Å²) in [4.78, 5) is 20.6. The first-order valence-electron chi connectivity index (χ1n) is 12.9. The van der Waals surface area contributed by atoms with E-state index >= 15 is 4.39 Å². The third kappa shape index (κ3) is 6.06. The van der Waals surface area contributed by atoms with Gasteiger partial charge in [-0.05, 0) is 37.1 Å². The van der Waals surface area contributed by atoms with E-state index in [0.717, 1.165) is 6.92 Å². The highest BCUT2D eigenvalue weighted by Crippen LogP contribution is 2.49. The lowest BCUT2D eigenvalue weighted by Crippen LogP contribution is -2.43. The standard InChI is InChI=1S/C27H33FN5O8P/c1-7-16-12-33(24-20(16)23(29)30-14-31-24)26-27(4,28)22(34)19(40-26)13-39-42(36,32-21(15(2)3)25(35)38-6)41-18-10-8-17(37-5)9-11-18/h1,8-12,14-15,19,21-22,26,34H,13H2,2-6H3,(H,32,36)(H2,29,30,31)/t19-,21?,22-,26-,27-,42?/m1/s1. The Balaban J connectivity index is 1.62. The van der Waals surface area contributed by atoms with Crippen molar-refractivity contribution in [1.29, 1.82) is 0 Å². The van der Waals surface area contributed by atoms with E-state index in [9.17, 15) is 14.5 Å². The van der Waals surface area contributed by atoms with Gasteiger partial charge >= 0.3 is 13.7 Å². The number of anilines is 1. The number of terminal acetylenes is 1. The van der Waals surface area contributed by atoms with Gasteiger partial charge in [0.25, 0.3) is 0 Å². The van der Waals surface area contributed by atoms with Gasteiger partial charge in [0.15, 0.2) is 11.9 Å². The summed E-state index contributed by atoms with van der Waals surface area (Å²) in [5.41, 5.74) is 4.10. The number of carbonyl (C=O) groups is 1. The summed E-state index contributed by atoms with van der Waals surface area (Å²) in [7, 11) is -1.70. The minimum absolute atomic E-state index is 0.0960. The molecular weight excluding hydrogens is 572 g/mol. The number of hydrogen-bond acceptors (Lipinski definition) is 11. The van der Waals surface area contributed by atoms with Gasteiger partial charge in [-0.3, -0.25) is 9.32 Å².